The predicted octanol–water partition coefficient (Wildman–Crippen LogP) is 4.71. The van der Waals surface area contributed by atoms with Crippen LogP contribution in [0, 0.1) is 0 Å². The minimum Gasteiger partial charge on any atom is -0.493 e. The average molecular weight is 346 g/mol. The molecule has 0 aliphatic heterocycles. The predicted molar refractivity (Wildman–Crippen MR) is 97.3 cm³/mol. The number of fused-ring (bicyclic) bond motifs is 1. The molecule has 136 valence electrons. The van der Waals surface area contributed by atoms with Crippen molar-refractivity contribution in [2.24, 2.45) is 0 Å². The number of carbonyl (C=O) groups excluding carboxylic acids is 1. The Morgan fingerprint density at radius 2 is 1.76 bits per heavy atom. The molecular weight excluding hydrogens is 320 g/mol. The first-order valence-electron chi connectivity index (χ1n) is 8.94. The molecular formula is C20H26O5. The summed E-state index contributed by atoms with van der Waals surface area (Å²) in [6.45, 7) is 2.86. The molecule has 2 aromatic rings. The van der Waals surface area contributed by atoms with E-state index in [1.165, 1.54) is 45.3 Å². The van der Waals surface area contributed by atoms with Gasteiger partial charge in [0, 0.05) is 11.5 Å². The number of carbonyl (C=O) groups is 1. The second-order valence-corrected chi connectivity index (χ2v) is 6.11. The molecule has 1 aromatic heterocycles. The van der Waals surface area contributed by atoms with Gasteiger partial charge in [0.1, 0.15) is 16.9 Å². The maximum absolute atomic E-state index is 11.8. The van der Waals surface area contributed by atoms with E-state index >= 15 is 0 Å². The maximum atomic E-state index is 11.8. The summed E-state index contributed by atoms with van der Waals surface area (Å²) in [4.78, 5) is 23.4. The van der Waals surface area contributed by atoms with Crippen LogP contribution in [0.3, 0.4) is 0 Å². The Hall–Kier alpha value is -2.30. The molecule has 0 N–H and O–H groups in total. The fourth-order valence-corrected chi connectivity index (χ4v) is 2.68. The molecule has 5 nitrogen and oxygen atoms in total. The summed E-state index contributed by atoms with van der Waals surface area (Å²) in [5, 5.41) is 0.656. The number of hydrogen-bond donors (Lipinski definition) is 0. The van der Waals surface area contributed by atoms with Gasteiger partial charge in [-0.2, -0.15) is 0 Å². The normalized spacial score (nSPS) is 10.8. The SMILES string of the molecule is CCCCCCCCCOc1ccc2cc(C(=O)OC)c(=O)oc2c1. The van der Waals surface area contributed by atoms with Gasteiger partial charge in [-0.3, -0.25) is 0 Å². The summed E-state index contributed by atoms with van der Waals surface area (Å²) in [5.74, 6) is -0.0395. The summed E-state index contributed by atoms with van der Waals surface area (Å²) in [7, 11) is 1.23. The van der Waals surface area contributed by atoms with Crippen LogP contribution in [0.15, 0.2) is 33.5 Å². The van der Waals surface area contributed by atoms with Crippen molar-refractivity contribution in [3.8, 4) is 5.75 Å². The van der Waals surface area contributed by atoms with E-state index in [0.717, 1.165) is 12.8 Å². The second-order valence-electron chi connectivity index (χ2n) is 6.11. The lowest BCUT2D eigenvalue weighted by Gasteiger charge is -2.07. The molecule has 2 rings (SSSR count). The highest BCUT2D eigenvalue weighted by Gasteiger charge is 2.14. The fraction of sp³-hybridized carbons (Fsp3) is 0.500. The molecule has 1 aromatic carbocycles. The fourth-order valence-electron chi connectivity index (χ4n) is 2.68. The van der Waals surface area contributed by atoms with Crippen molar-refractivity contribution in [3.63, 3.8) is 0 Å². The number of unbranched alkanes of at least 4 members (excludes halogenated alkanes) is 6. The highest BCUT2D eigenvalue weighted by atomic mass is 16.5. The quantitative estimate of drug-likeness (QED) is 0.354. The van der Waals surface area contributed by atoms with Gasteiger partial charge in [0.05, 0.1) is 13.7 Å². The molecule has 0 saturated carbocycles. The van der Waals surface area contributed by atoms with Crippen LogP contribution in [-0.4, -0.2) is 19.7 Å². The van der Waals surface area contributed by atoms with E-state index in [2.05, 4.69) is 11.7 Å². The molecule has 0 unspecified atom stereocenters. The Labute approximate surface area is 147 Å². The van der Waals surface area contributed by atoms with Gasteiger partial charge >= 0.3 is 11.6 Å². The minimum atomic E-state index is -0.705. The van der Waals surface area contributed by atoms with E-state index in [0.29, 0.717) is 23.3 Å². The number of methoxy groups -OCH3 is 1. The van der Waals surface area contributed by atoms with Crippen molar-refractivity contribution in [2.45, 2.75) is 51.9 Å². The van der Waals surface area contributed by atoms with Crippen LogP contribution in [0.5, 0.6) is 5.75 Å². The van der Waals surface area contributed by atoms with Crippen LogP contribution < -0.4 is 10.4 Å². The summed E-state index contributed by atoms with van der Waals surface area (Å²) < 4.78 is 15.5. The first kappa shape index (κ1) is 19.0. The highest BCUT2D eigenvalue weighted by Crippen LogP contribution is 2.21. The Morgan fingerprint density at radius 1 is 1.04 bits per heavy atom. The molecule has 0 saturated heterocycles. The van der Waals surface area contributed by atoms with Gasteiger partial charge < -0.3 is 13.9 Å². The largest absolute Gasteiger partial charge is 0.493 e. The van der Waals surface area contributed by atoms with Gasteiger partial charge in [-0.05, 0) is 24.6 Å². The zero-order chi connectivity index (χ0) is 18.1. The van der Waals surface area contributed by atoms with Gasteiger partial charge in [0.25, 0.3) is 0 Å². The zero-order valence-corrected chi connectivity index (χ0v) is 15.0. The third-order valence-corrected chi connectivity index (χ3v) is 4.13. The molecule has 0 aliphatic carbocycles. The molecule has 0 bridgehead atoms. The summed E-state index contributed by atoms with van der Waals surface area (Å²) in [5.41, 5.74) is -0.412. The average Bonchev–Trinajstić information content (AvgIpc) is 2.62. The highest BCUT2D eigenvalue weighted by molar-refractivity contribution is 5.92. The summed E-state index contributed by atoms with van der Waals surface area (Å²) in [6.07, 6.45) is 8.60. The van der Waals surface area contributed by atoms with Crippen LogP contribution in [0.1, 0.15) is 62.2 Å². The van der Waals surface area contributed by atoms with E-state index in [-0.39, 0.29) is 5.56 Å². The lowest BCUT2D eigenvalue weighted by atomic mass is 10.1. The third-order valence-electron chi connectivity index (χ3n) is 4.13. The Balaban J connectivity index is 1.89. The van der Waals surface area contributed by atoms with Crippen LogP contribution >= 0.6 is 0 Å². The van der Waals surface area contributed by atoms with Crippen molar-refractivity contribution in [1.82, 2.24) is 0 Å². The molecule has 0 atom stereocenters. The van der Waals surface area contributed by atoms with Gasteiger partial charge in [-0.1, -0.05) is 45.4 Å². The van der Waals surface area contributed by atoms with Crippen molar-refractivity contribution in [3.05, 3.63) is 40.2 Å². The van der Waals surface area contributed by atoms with Gasteiger partial charge in [0.2, 0.25) is 0 Å². The Kier molecular flexibility index (Phi) is 7.51. The lowest BCUT2D eigenvalue weighted by Crippen LogP contribution is -2.14. The third kappa shape index (κ3) is 5.62. The molecule has 0 aliphatic rings. The number of ether oxygens (including phenoxy) is 2. The molecule has 0 radical (unpaired) electrons. The minimum absolute atomic E-state index is 0.105. The maximum Gasteiger partial charge on any atom is 0.351 e. The van der Waals surface area contributed by atoms with Crippen molar-refractivity contribution in [2.75, 3.05) is 13.7 Å². The van der Waals surface area contributed by atoms with E-state index in [4.69, 9.17) is 9.15 Å². The number of rotatable bonds is 10. The Bertz CT molecular complexity index is 747. The topological polar surface area (TPSA) is 65.7 Å². The van der Waals surface area contributed by atoms with Gasteiger partial charge in [0.15, 0.2) is 0 Å². The number of esters is 1. The van der Waals surface area contributed by atoms with Crippen LogP contribution in [-0.2, 0) is 4.74 Å². The molecule has 25 heavy (non-hydrogen) atoms. The van der Waals surface area contributed by atoms with Crippen molar-refractivity contribution < 1.29 is 18.7 Å². The first-order chi connectivity index (χ1) is 12.2. The van der Waals surface area contributed by atoms with E-state index in [9.17, 15) is 9.59 Å². The summed E-state index contributed by atoms with van der Waals surface area (Å²) in [6, 6.07) is 6.74. The molecule has 0 amide bonds. The lowest BCUT2D eigenvalue weighted by molar-refractivity contribution is 0.0596. The van der Waals surface area contributed by atoms with Crippen molar-refractivity contribution in [1.29, 1.82) is 0 Å². The van der Waals surface area contributed by atoms with Crippen LogP contribution in [0.4, 0.5) is 0 Å². The standard InChI is InChI=1S/C20H26O5/c1-3-4-5-6-7-8-9-12-24-16-11-10-15-13-17(19(21)23-2)20(22)25-18(15)14-16/h10-11,13-14H,3-9,12H2,1-2H3. The molecule has 0 fully saturated rings. The van der Waals surface area contributed by atoms with Gasteiger partial charge in [-0.15, -0.1) is 0 Å². The van der Waals surface area contributed by atoms with E-state index in [1.54, 1.807) is 12.1 Å². The first-order valence-corrected chi connectivity index (χ1v) is 8.94. The number of benzene rings is 1. The van der Waals surface area contributed by atoms with Crippen LogP contribution in [0.2, 0.25) is 0 Å². The molecule has 5 heteroatoms. The summed E-state index contributed by atoms with van der Waals surface area (Å²) >= 11 is 0. The zero-order valence-electron chi connectivity index (χ0n) is 15.0. The molecule has 1 heterocycles. The van der Waals surface area contributed by atoms with E-state index in [1.807, 2.05) is 6.07 Å². The Morgan fingerprint density at radius 3 is 2.48 bits per heavy atom. The van der Waals surface area contributed by atoms with Crippen LogP contribution in [0.25, 0.3) is 11.0 Å². The smallest absolute Gasteiger partial charge is 0.351 e. The second kappa shape index (κ2) is 9.87. The monoisotopic (exact) mass is 346 g/mol. The van der Waals surface area contributed by atoms with E-state index < -0.39 is 11.6 Å². The van der Waals surface area contributed by atoms with Gasteiger partial charge in [-0.25, -0.2) is 9.59 Å². The van der Waals surface area contributed by atoms with Crippen molar-refractivity contribution >= 4 is 16.9 Å². The molecule has 0 spiro atoms. The number of hydrogen-bond acceptors (Lipinski definition) is 5.